The van der Waals surface area contributed by atoms with Crippen LogP contribution in [0.5, 0.6) is 0 Å². The fourth-order valence-corrected chi connectivity index (χ4v) is 21.9. The molecule has 5 nitrogen and oxygen atoms in total. The predicted octanol–water partition coefficient (Wildman–Crippen LogP) is 31.3. The molecule has 0 saturated heterocycles. The SMILES string of the molecule is [2H]c1c([2H])c([2H])c2c(c1[2H])c1c([2H])c([2H])c([2H])c([2H])c1n2-c1cc2c3c(c1)N(c1c(-c4ccccc4)cc(C(C)(C)C)cc1-c1ccccc1)c1cc4c(cc1B3c1cc3c5ccccc5c5ccccc5c5cccc6c7ccccc7n(c3cc1N2c1c(-c2ccccc2)cc(C(C)(C)C)cc1-c1ccccc1)c56)c1ccccc1c1ccccc1c1cccc2c3ccccc3n4c12. The van der Waals surface area contributed by atoms with Crippen LogP contribution in [0.3, 0.4) is 0 Å². The third-order valence-electron chi connectivity index (χ3n) is 27.6. The van der Waals surface area contributed by atoms with E-state index in [1.54, 1.807) is 4.57 Å². The van der Waals surface area contributed by atoms with Crippen molar-refractivity contribution in [1.29, 1.82) is 0 Å². The molecular weight excluding hydrogens is 1550 g/mol. The van der Waals surface area contributed by atoms with Crippen LogP contribution in [0.4, 0.5) is 34.1 Å². The summed E-state index contributed by atoms with van der Waals surface area (Å²) in [6.07, 6.45) is 0. The number of hydrogen-bond donors (Lipinski definition) is 0. The van der Waals surface area contributed by atoms with Gasteiger partial charge in [-0.25, -0.2) is 0 Å². The number of anilines is 6. The molecule has 0 aliphatic carbocycles. The molecule has 0 N–H and O–H groups in total. The smallest absolute Gasteiger partial charge is 0.252 e. The lowest BCUT2D eigenvalue weighted by atomic mass is 9.33. The lowest BCUT2D eigenvalue weighted by molar-refractivity contribution is 0.590. The van der Waals surface area contributed by atoms with Gasteiger partial charge < -0.3 is 23.2 Å². The Labute approximate surface area is 753 Å². The molecule has 0 bridgehead atoms. The molecule has 6 heteroatoms. The molecule has 602 valence electrons. The Hall–Kier alpha value is -15.8. The van der Waals surface area contributed by atoms with Crippen molar-refractivity contribution < 1.29 is 11.0 Å². The number of benzene rings is 19. The lowest BCUT2D eigenvalue weighted by Gasteiger charge is -2.46. The summed E-state index contributed by atoms with van der Waals surface area (Å²) in [6.45, 7) is 13.0. The second kappa shape index (κ2) is 27.9. The fourth-order valence-electron chi connectivity index (χ4n) is 21.9. The molecule has 128 heavy (non-hydrogen) atoms. The highest BCUT2D eigenvalue weighted by molar-refractivity contribution is 7.00. The Morgan fingerprint density at radius 2 is 0.516 bits per heavy atom. The first kappa shape index (κ1) is 65.8. The number of aromatic nitrogens is 3. The zero-order valence-corrected chi connectivity index (χ0v) is 71.5. The van der Waals surface area contributed by atoms with Crippen molar-refractivity contribution in [3.63, 3.8) is 0 Å². The van der Waals surface area contributed by atoms with Crippen molar-refractivity contribution in [1.82, 2.24) is 13.4 Å². The Kier molecular flexibility index (Phi) is 14.3. The Balaban J connectivity index is 0.986. The fraction of sp³-hybridized carbons (Fsp3) is 0.0656. The van der Waals surface area contributed by atoms with E-state index in [-0.39, 0.29) is 21.8 Å². The van der Waals surface area contributed by atoms with Crippen molar-refractivity contribution in [2.24, 2.45) is 0 Å². The number of para-hydroxylation sites is 6. The van der Waals surface area contributed by atoms with Crippen LogP contribution in [0.15, 0.2) is 412 Å². The highest BCUT2D eigenvalue weighted by atomic mass is 15.2. The molecule has 0 fully saturated rings. The third-order valence-corrected chi connectivity index (χ3v) is 27.6. The zero-order chi connectivity index (χ0) is 92.1. The van der Waals surface area contributed by atoms with Crippen LogP contribution in [-0.2, 0) is 10.8 Å². The molecule has 26 rings (SSSR count). The maximum atomic E-state index is 10.6. The Morgan fingerprint density at radius 1 is 0.234 bits per heavy atom. The average Bonchev–Trinajstić information content (AvgIpc) is 0.945. The third kappa shape index (κ3) is 10.8. The quantitative estimate of drug-likeness (QED) is 0.148. The van der Waals surface area contributed by atoms with Gasteiger partial charge in [-0.3, -0.25) is 0 Å². The minimum absolute atomic E-state index is 0.00487. The van der Waals surface area contributed by atoms with Gasteiger partial charge in [0.25, 0.3) is 6.71 Å². The van der Waals surface area contributed by atoms with Crippen LogP contribution in [0.25, 0.3) is 191 Å². The van der Waals surface area contributed by atoms with Crippen molar-refractivity contribution in [2.75, 3.05) is 9.80 Å². The number of rotatable bonds is 7. The lowest BCUT2D eigenvalue weighted by Crippen LogP contribution is -2.61. The van der Waals surface area contributed by atoms with E-state index in [0.29, 0.717) is 17.1 Å². The second-order valence-electron chi connectivity index (χ2n) is 36.7. The molecule has 7 heterocycles. The average molecular weight is 1640 g/mol. The molecule has 0 atom stereocenters. The van der Waals surface area contributed by atoms with E-state index in [0.717, 1.165) is 214 Å². The second-order valence-corrected chi connectivity index (χ2v) is 36.7. The molecule has 24 aromatic rings. The summed E-state index contributed by atoms with van der Waals surface area (Å²) in [7, 11) is 0. The normalized spacial score (nSPS) is 13.8. The van der Waals surface area contributed by atoms with Crippen molar-refractivity contribution >= 4 is 198 Å². The Bertz CT molecular complexity index is 8850. The van der Waals surface area contributed by atoms with E-state index >= 15 is 0 Å². The number of hydrogen-bond acceptors (Lipinski definition) is 2. The van der Waals surface area contributed by atoms with Crippen LogP contribution in [0.2, 0.25) is 0 Å². The van der Waals surface area contributed by atoms with Crippen LogP contribution in [0, 0.1) is 0 Å². The van der Waals surface area contributed by atoms with Gasteiger partial charge in [0.15, 0.2) is 0 Å². The molecule has 0 saturated carbocycles. The van der Waals surface area contributed by atoms with Gasteiger partial charge in [-0.15, -0.1) is 0 Å². The molecule has 0 amide bonds. The van der Waals surface area contributed by atoms with Crippen LogP contribution < -0.4 is 26.2 Å². The summed E-state index contributed by atoms with van der Waals surface area (Å²) < 4.78 is 87.5. The maximum Gasteiger partial charge on any atom is 0.252 e. The van der Waals surface area contributed by atoms with Gasteiger partial charge >= 0.3 is 0 Å². The predicted molar refractivity (Wildman–Crippen MR) is 549 cm³/mol. The summed E-state index contributed by atoms with van der Waals surface area (Å²) in [5.74, 6) is 0. The minimum atomic E-state index is -0.745. The van der Waals surface area contributed by atoms with Gasteiger partial charge in [0.2, 0.25) is 0 Å². The standard InChI is InChI=1S/C122H86BN5/c1-121(2,3)79-65-98(75-37-11-7-12-38-75)119(99(66-79)76-39-13-8-14-40-76)127-112-73-110-102(88-51-25-21-47-84(88)82-45-19-23-49-86(82)94-57-35-59-96-92-55-29-33-63-108(92)125(110)117(94)96)71-104(112)123-105-72-103-89-52-26-22-48-85(89)83-46-20-24-50-87(83)95-58-36-60-97-93-56-30-34-64-109(93)126(118(95)97)111(103)74-113(105)128(115-70-81(69-114(127)116(115)123)124-106-61-31-27-53-90(106)91-54-28-32-62-107(91)124)120-100(77-41-15-9-16-42-77)67-80(122(4,5)6)68-101(120)78-43-17-10-18-44-78/h7-74H,1-6H3/i27D,28D,31D,32D,53D,54D,61D,62D. The van der Waals surface area contributed by atoms with Crippen LogP contribution in [0.1, 0.15) is 63.6 Å². The van der Waals surface area contributed by atoms with Gasteiger partial charge in [0, 0.05) is 98.9 Å². The van der Waals surface area contributed by atoms with Crippen LogP contribution >= 0.6 is 0 Å². The first-order valence-corrected chi connectivity index (χ1v) is 44.3. The van der Waals surface area contributed by atoms with Gasteiger partial charge in [-0.2, -0.15) is 0 Å². The van der Waals surface area contributed by atoms with Gasteiger partial charge in [-0.1, -0.05) is 381 Å². The van der Waals surface area contributed by atoms with E-state index in [2.05, 4.69) is 424 Å². The molecule has 2 aliphatic heterocycles. The van der Waals surface area contributed by atoms with Crippen molar-refractivity contribution in [2.45, 2.75) is 52.4 Å². The molecule has 5 aromatic heterocycles. The maximum absolute atomic E-state index is 10.6. The first-order chi connectivity index (χ1) is 66.2. The highest BCUT2D eigenvalue weighted by Crippen LogP contribution is 2.57. The van der Waals surface area contributed by atoms with E-state index in [1.165, 1.54) is 0 Å². The molecule has 0 unspecified atom stereocenters. The highest BCUT2D eigenvalue weighted by Gasteiger charge is 2.47. The topological polar surface area (TPSA) is 20.2 Å². The molecule has 2 aliphatic rings. The van der Waals surface area contributed by atoms with Crippen LogP contribution in [-0.4, -0.2) is 20.1 Å². The van der Waals surface area contributed by atoms with E-state index < -0.39 is 65.9 Å². The van der Waals surface area contributed by atoms with Gasteiger partial charge in [0.1, 0.15) is 0 Å². The molecular formula is C122H86BN5. The van der Waals surface area contributed by atoms with E-state index in [1.807, 2.05) is 0 Å². The van der Waals surface area contributed by atoms with E-state index in [9.17, 15) is 11.0 Å². The molecule has 0 radical (unpaired) electrons. The Morgan fingerprint density at radius 3 is 0.852 bits per heavy atom. The van der Waals surface area contributed by atoms with Gasteiger partial charge in [0.05, 0.1) is 72.2 Å². The summed E-state index contributed by atoms with van der Waals surface area (Å²) in [6, 6.07) is 130. The molecule has 0 spiro atoms. The van der Waals surface area contributed by atoms with Gasteiger partial charge in [-0.05, 0) is 176 Å². The summed E-state index contributed by atoms with van der Waals surface area (Å²) in [5.41, 5.74) is 22.9. The number of fused-ring (bicyclic) bond motifs is 27. The summed E-state index contributed by atoms with van der Waals surface area (Å²) >= 11 is 0. The van der Waals surface area contributed by atoms with Crippen molar-refractivity contribution in [3.05, 3.63) is 423 Å². The number of nitrogens with zero attached hydrogens (tertiary/aromatic N) is 5. The summed E-state index contributed by atoms with van der Waals surface area (Å²) in [5, 5.41) is 17.0. The minimum Gasteiger partial charge on any atom is -0.310 e. The summed E-state index contributed by atoms with van der Waals surface area (Å²) in [4.78, 5) is 5.08. The molecule has 19 aromatic carbocycles. The largest absolute Gasteiger partial charge is 0.310 e. The van der Waals surface area contributed by atoms with Crippen molar-refractivity contribution in [3.8, 4) is 50.2 Å². The van der Waals surface area contributed by atoms with E-state index in [4.69, 9.17) is 0 Å². The zero-order valence-electron chi connectivity index (χ0n) is 79.5. The first-order valence-electron chi connectivity index (χ1n) is 48.3. The monoisotopic (exact) mass is 1640 g/mol.